The molecular weight excluding hydrogens is 319 g/mol. The molecule has 4 atom stereocenters. The van der Waals surface area contributed by atoms with Gasteiger partial charge in [-0.2, -0.15) is 0 Å². The van der Waals surface area contributed by atoms with Gasteiger partial charge in [-0.25, -0.2) is 4.39 Å². The van der Waals surface area contributed by atoms with Crippen molar-refractivity contribution in [1.82, 2.24) is 10.6 Å². The van der Waals surface area contributed by atoms with E-state index < -0.39 is 24.4 Å². The van der Waals surface area contributed by atoms with Gasteiger partial charge in [-0.1, -0.05) is 12.1 Å². The second kappa shape index (κ2) is 8.18. The molecule has 1 fully saturated rings. The third kappa shape index (κ3) is 4.98. The summed E-state index contributed by atoms with van der Waals surface area (Å²) in [4.78, 5) is 22.8. The molecule has 24 heavy (non-hydrogen) atoms. The van der Waals surface area contributed by atoms with E-state index in [9.17, 15) is 24.2 Å². The lowest BCUT2D eigenvalue weighted by Gasteiger charge is -2.14. The number of nitrogens with one attached hydrogen (secondary N) is 2. The summed E-state index contributed by atoms with van der Waals surface area (Å²) in [6.07, 6.45) is -4.13. The van der Waals surface area contributed by atoms with Crippen LogP contribution in [-0.4, -0.2) is 53.0 Å². The molecule has 2 amide bonds. The topological polar surface area (TPSA) is 108 Å². The monoisotopic (exact) mass is 340 g/mol. The molecule has 0 unspecified atom stereocenters. The maximum atomic E-state index is 12.8. The molecule has 132 valence electrons. The predicted octanol–water partition coefficient (Wildman–Crippen LogP) is -0.543. The van der Waals surface area contributed by atoms with Crippen molar-refractivity contribution in [2.75, 3.05) is 6.54 Å². The molecule has 1 aliphatic rings. The average molecular weight is 340 g/mol. The van der Waals surface area contributed by atoms with Crippen molar-refractivity contribution in [3.63, 3.8) is 0 Å². The van der Waals surface area contributed by atoms with Crippen molar-refractivity contribution in [2.45, 2.75) is 44.3 Å². The molecule has 8 heteroatoms. The molecule has 0 aliphatic carbocycles. The highest BCUT2D eigenvalue weighted by Gasteiger charge is 2.43. The highest BCUT2D eigenvalue weighted by Crippen LogP contribution is 2.23. The zero-order chi connectivity index (χ0) is 17.7. The molecule has 1 heterocycles. The number of aliphatic hydroxyl groups excluding tert-OH is 2. The van der Waals surface area contributed by atoms with E-state index in [1.54, 1.807) is 12.1 Å². The Kier molecular flexibility index (Phi) is 6.24. The van der Waals surface area contributed by atoms with Gasteiger partial charge in [0.05, 0.1) is 12.5 Å². The third-order valence-electron chi connectivity index (χ3n) is 3.80. The summed E-state index contributed by atoms with van der Waals surface area (Å²) in [5.41, 5.74) is 0.737. The van der Waals surface area contributed by atoms with Gasteiger partial charge in [-0.3, -0.25) is 9.59 Å². The number of hydrogen-bond acceptors (Lipinski definition) is 5. The lowest BCUT2D eigenvalue weighted by atomic mass is 10.1. The summed E-state index contributed by atoms with van der Waals surface area (Å²) in [6, 6.07) is 5.72. The van der Waals surface area contributed by atoms with Crippen LogP contribution in [0.2, 0.25) is 0 Å². The van der Waals surface area contributed by atoms with Crippen LogP contribution in [0.1, 0.15) is 18.9 Å². The van der Waals surface area contributed by atoms with Crippen LogP contribution < -0.4 is 10.6 Å². The second-order valence-corrected chi connectivity index (χ2v) is 5.74. The van der Waals surface area contributed by atoms with E-state index in [0.717, 1.165) is 5.56 Å². The number of carbonyl (C=O) groups is 2. The van der Waals surface area contributed by atoms with Crippen LogP contribution in [0.25, 0.3) is 0 Å². The van der Waals surface area contributed by atoms with Gasteiger partial charge in [0.25, 0.3) is 0 Å². The molecule has 0 radical (unpaired) electrons. The molecule has 0 bridgehead atoms. The minimum atomic E-state index is -1.21. The molecule has 1 aromatic carbocycles. The number of hydrogen-bond donors (Lipinski definition) is 4. The number of amides is 2. The van der Waals surface area contributed by atoms with E-state index in [2.05, 4.69) is 10.6 Å². The van der Waals surface area contributed by atoms with Crippen LogP contribution in [0.15, 0.2) is 24.3 Å². The van der Waals surface area contributed by atoms with Crippen LogP contribution in [0, 0.1) is 5.82 Å². The van der Waals surface area contributed by atoms with Crippen LogP contribution >= 0.6 is 0 Å². The smallest absolute Gasteiger partial charge is 0.222 e. The maximum Gasteiger partial charge on any atom is 0.222 e. The Morgan fingerprint density at radius 1 is 1.12 bits per heavy atom. The fourth-order valence-corrected chi connectivity index (χ4v) is 2.47. The summed E-state index contributed by atoms with van der Waals surface area (Å²) >= 11 is 0. The van der Waals surface area contributed by atoms with Crippen molar-refractivity contribution in [2.24, 2.45) is 0 Å². The first-order valence-corrected chi connectivity index (χ1v) is 7.64. The molecule has 7 nitrogen and oxygen atoms in total. The van der Waals surface area contributed by atoms with Crippen molar-refractivity contribution < 1.29 is 28.9 Å². The van der Waals surface area contributed by atoms with E-state index in [1.165, 1.54) is 19.1 Å². The Morgan fingerprint density at radius 2 is 1.75 bits per heavy atom. The SMILES string of the molecule is CC(=O)NC[C@H]1O[C@@H](CC(=O)NCc2ccc(F)cc2)[C@H](O)[C@@H]1O. The van der Waals surface area contributed by atoms with E-state index in [4.69, 9.17) is 4.74 Å². The number of aliphatic hydroxyl groups is 2. The third-order valence-corrected chi connectivity index (χ3v) is 3.80. The fourth-order valence-electron chi connectivity index (χ4n) is 2.47. The zero-order valence-corrected chi connectivity index (χ0v) is 13.2. The van der Waals surface area contributed by atoms with Crippen LogP contribution in [-0.2, 0) is 20.9 Å². The number of benzene rings is 1. The summed E-state index contributed by atoms with van der Waals surface area (Å²) in [7, 11) is 0. The van der Waals surface area contributed by atoms with Gasteiger partial charge in [0.15, 0.2) is 0 Å². The molecule has 4 N–H and O–H groups in total. The van der Waals surface area contributed by atoms with Gasteiger partial charge in [-0.05, 0) is 17.7 Å². The molecule has 0 spiro atoms. The van der Waals surface area contributed by atoms with Gasteiger partial charge >= 0.3 is 0 Å². The van der Waals surface area contributed by atoms with Crippen LogP contribution in [0.3, 0.4) is 0 Å². The highest BCUT2D eigenvalue weighted by atomic mass is 19.1. The number of rotatable bonds is 6. The normalized spacial score (nSPS) is 26.2. The van der Waals surface area contributed by atoms with E-state index in [0.29, 0.717) is 0 Å². The number of halogens is 1. The highest BCUT2D eigenvalue weighted by molar-refractivity contribution is 5.76. The van der Waals surface area contributed by atoms with Gasteiger partial charge in [0.1, 0.15) is 24.1 Å². The molecule has 1 aliphatic heterocycles. The predicted molar refractivity (Wildman–Crippen MR) is 82.2 cm³/mol. The second-order valence-electron chi connectivity index (χ2n) is 5.74. The largest absolute Gasteiger partial charge is 0.388 e. The van der Waals surface area contributed by atoms with Gasteiger partial charge in [0, 0.05) is 20.0 Å². The molecule has 2 rings (SSSR count). The van der Waals surface area contributed by atoms with Crippen LogP contribution in [0.5, 0.6) is 0 Å². The molecule has 1 saturated heterocycles. The molecule has 1 aromatic rings. The van der Waals surface area contributed by atoms with Crippen molar-refractivity contribution >= 4 is 11.8 Å². The fraction of sp³-hybridized carbons (Fsp3) is 0.500. The Balaban J connectivity index is 1.80. The Morgan fingerprint density at radius 3 is 2.38 bits per heavy atom. The number of ether oxygens (including phenoxy) is 1. The minimum Gasteiger partial charge on any atom is -0.388 e. The quantitative estimate of drug-likeness (QED) is 0.556. The van der Waals surface area contributed by atoms with Crippen molar-refractivity contribution in [1.29, 1.82) is 0 Å². The molecular formula is C16H21FN2O5. The number of carbonyl (C=O) groups excluding carboxylic acids is 2. The first-order chi connectivity index (χ1) is 11.4. The van der Waals surface area contributed by atoms with Gasteiger partial charge in [-0.15, -0.1) is 0 Å². The minimum absolute atomic E-state index is 0.0568. The first kappa shape index (κ1) is 18.3. The summed E-state index contributed by atoms with van der Waals surface area (Å²) in [6.45, 7) is 1.61. The molecule has 0 saturated carbocycles. The van der Waals surface area contributed by atoms with Gasteiger partial charge in [0.2, 0.25) is 11.8 Å². The summed E-state index contributed by atoms with van der Waals surface area (Å²) in [5, 5.41) is 25.0. The summed E-state index contributed by atoms with van der Waals surface area (Å²) in [5.74, 6) is -0.997. The average Bonchev–Trinajstić information content (AvgIpc) is 2.80. The standard InChI is InChI=1S/C16H21FN2O5/c1-9(20)18-8-13-16(23)15(22)12(24-13)6-14(21)19-7-10-2-4-11(17)5-3-10/h2-5,12-13,15-16,22-23H,6-8H2,1H3,(H,18,20)(H,19,21)/t12-,13+,15-,16+/m0/s1. The summed E-state index contributed by atoms with van der Waals surface area (Å²) < 4.78 is 18.3. The van der Waals surface area contributed by atoms with Gasteiger partial charge < -0.3 is 25.6 Å². The maximum absolute atomic E-state index is 12.8. The lowest BCUT2D eigenvalue weighted by molar-refractivity contribution is -0.125. The van der Waals surface area contributed by atoms with Crippen molar-refractivity contribution in [3.8, 4) is 0 Å². The Hall–Kier alpha value is -2.03. The molecule has 0 aromatic heterocycles. The van der Waals surface area contributed by atoms with E-state index in [1.807, 2.05) is 0 Å². The van der Waals surface area contributed by atoms with E-state index in [-0.39, 0.29) is 37.1 Å². The Labute approximate surface area is 138 Å². The Bertz CT molecular complexity index is 580. The first-order valence-electron chi connectivity index (χ1n) is 7.64. The van der Waals surface area contributed by atoms with Crippen molar-refractivity contribution in [3.05, 3.63) is 35.6 Å². The van der Waals surface area contributed by atoms with E-state index >= 15 is 0 Å². The lowest BCUT2D eigenvalue weighted by Crippen LogP contribution is -2.39. The van der Waals surface area contributed by atoms with Crippen LogP contribution in [0.4, 0.5) is 4.39 Å². The zero-order valence-electron chi connectivity index (χ0n) is 13.2.